The molecule has 0 aromatic heterocycles. The molecule has 3 N–H and O–H groups in total. The van der Waals surface area contributed by atoms with E-state index in [9.17, 15) is 9.90 Å². The Morgan fingerprint density at radius 2 is 1.95 bits per heavy atom. The van der Waals surface area contributed by atoms with Crippen molar-refractivity contribution in [3.8, 4) is 5.75 Å². The van der Waals surface area contributed by atoms with Crippen LogP contribution in [-0.4, -0.2) is 51.5 Å². The molecular formula is C14H23ClN2O4. The molecule has 0 bridgehead atoms. The van der Waals surface area contributed by atoms with Crippen molar-refractivity contribution in [2.75, 3.05) is 40.5 Å². The van der Waals surface area contributed by atoms with Crippen molar-refractivity contribution < 1.29 is 19.4 Å². The summed E-state index contributed by atoms with van der Waals surface area (Å²) in [6, 6.07) is 7.08. The molecule has 0 saturated carbocycles. The average molecular weight is 319 g/mol. The molecule has 0 radical (unpaired) electrons. The lowest BCUT2D eigenvalue weighted by atomic mass is 10.1. The molecule has 21 heavy (non-hydrogen) atoms. The third-order valence-corrected chi connectivity index (χ3v) is 2.76. The Labute approximate surface area is 131 Å². The standard InChI is InChI=1S/C14H22N2O4.ClH/c1-19-8-7-15-10-14(18)16-9-13(17)11-3-5-12(20-2)6-4-11;/h3-6,13,15,17H,7-10H2,1-2H3,(H,16,18);1H. The van der Waals surface area contributed by atoms with Gasteiger partial charge in [0.2, 0.25) is 5.91 Å². The fraction of sp³-hybridized carbons (Fsp3) is 0.500. The summed E-state index contributed by atoms with van der Waals surface area (Å²) in [5.74, 6) is 0.570. The van der Waals surface area contributed by atoms with Gasteiger partial charge in [-0.2, -0.15) is 0 Å². The predicted molar refractivity (Wildman–Crippen MR) is 83.0 cm³/mol. The van der Waals surface area contributed by atoms with Gasteiger partial charge in [-0.1, -0.05) is 12.1 Å². The number of aliphatic hydroxyl groups excluding tert-OH is 1. The molecule has 120 valence electrons. The molecule has 1 rings (SSSR count). The summed E-state index contributed by atoms with van der Waals surface area (Å²) in [7, 11) is 3.19. The Morgan fingerprint density at radius 3 is 2.52 bits per heavy atom. The average Bonchev–Trinajstić information content (AvgIpc) is 2.49. The van der Waals surface area contributed by atoms with Gasteiger partial charge in [0.15, 0.2) is 0 Å². The van der Waals surface area contributed by atoms with Gasteiger partial charge in [0, 0.05) is 20.2 Å². The number of benzene rings is 1. The van der Waals surface area contributed by atoms with Gasteiger partial charge < -0.3 is 25.2 Å². The maximum atomic E-state index is 11.5. The molecule has 0 aliphatic heterocycles. The van der Waals surface area contributed by atoms with Crippen LogP contribution in [0.2, 0.25) is 0 Å². The van der Waals surface area contributed by atoms with Gasteiger partial charge in [-0.25, -0.2) is 0 Å². The maximum absolute atomic E-state index is 11.5. The van der Waals surface area contributed by atoms with E-state index >= 15 is 0 Å². The molecule has 0 saturated heterocycles. The maximum Gasteiger partial charge on any atom is 0.234 e. The van der Waals surface area contributed by atoms with Gasteiger partial charge in [0.1, 0.15) is 5.75 Å². The first-order valence-corrected chi connectivity index (χ1v) is 6.45. The van der Waals surface area contributed by atoms with Crippen molar-refractivity contribution in [3.63, 3.8) is 0 Å². The first-order valence-electron chi connectivity index (χ1n) is 6.45. The molecule has 7 heteroatoms. The van der Waals surface area contributed by atoms with Crippen molar-refractivity contribution in [3.05, 3.63) is 29.8 Å². The first-order chi connectivity index (χ1) is 9.67. The number of carbonyl (C=O) groups is 1. The Morgan fingerprint density at radius 1 is 1.29 bits per heavy atom. The minimum Gasteiger partial charge on any atom is -0.497 e. The normalized spacial score (nSPS) is 11.4. The second-order valence-electron chi connectivity index (χ2n) is 4.26. The number of amides is 1. The number of hydrogen-bond acceptors (Lipinski definition) is 5. The van der Waals surface area contributed by atoms with Crippen LogP contribution in [0.3, 0.4) is 0 Å². The molecule has 0 fully saturated rings. The molecule has 0 heterocycles. The van der Waals surface area contributed by atoms with Gasteiger partial charge in [0.25, 0.3) is 0 Å². The van der Waals surface area contributed by atoms with Crippen LogP contribution >= 0.6 is 12.4 Å². The summed E-state index contributed by atoms with van der Waals surface area (Å²) in [5, 5.41) is 15.5. The summed E-state index contributed by atoms with van der Waals surface area (Å²) in [5.41, 5.74) is 0.735. The molecule has 1 unspecified atom stereocenters. The molecule has 6 nitrogen and oxygen atoms in total. The molecule has 0 aliphatic rings. The van der Waals surface area contributed by atoms with E-state index in [4.69, 9.17) is 9.47 Å². The fourth-order valence-corrected chi connectivity index (χ4v) is 1.59. The van der Waals surface area contributed by atoms with Gasteiger partial charge >= 0.3 is 0 Å². The van der Waals surface area contributed by atoms with Crippen molar-refractivity contribution in [2.24, 2.45) is 0 Å². The van der Waals surface area contributed by atoms with Crippen LogP contribution < -0.4 is 15.4 Å². The van der Waals surface area contributed by atoms with E-state index in [1.54, 1.807) is 38.5 Å². The largest absolute Gasteiger partial charge is 0.497 e. The predicted octanol–water partition coefficient (Wildman–Crippen LogP) is 0.503. The fourth-order valence-electron chi connectivity index (χ4n) is 1.59. The van der Waals surface area contributed by atoms with Crippen LogP contribution in [0.5, 0.6) is 5.75 Å². The Bertz CT molecular complexity index is 400. The second-order valence-corrected chi connectivity index (χ2v) is 4.26. The zero-order valence-electron chi connectivity index (χ0n) is 12.3. The lowest BCUT2D eigenvalue weighted by molar-refractivity contribution is -0.120. The topological polar surface area (TPSA) is 79.8 Å². The van der Waals surface area contributed by atoms with Gasteiger partial charge in [-0.05, 0) is 17.7 Å². The van der Waals surface area contributed by atoms with E-state index in [1.165, 1.54) is 0 Å². The minimum absolute atomic E-state index is 0. The highest BCUT2D eigenvalue weighted by Gasteiger charge is 2.09. The Balaban J connectivity index is 0.00000400. The molecular weight excluding hydrogens is 296 g/mol. The lowest BCUT2D eigenvalue weighted by Gasteiger charge is -2.13. The summed E-state index contributed by atoms with van der Waals surface area (Å²) < 4.78 is 9.90. The van der Waals surface area contributed by atoms with Crippen LogP contribution in [-0.2, 0) is 9.53 Å². The Kier molecular flexibility index (Phi) is 10.6. The number of methoxy groups -OCH3 is 2. The van der Waals surface area contributed by atoms with Crippen molar-refractivity contribution in [1.29, 1.82) is 0 Å². The van der Waals surface area contributed by atoms with E-state index in [-0.39, 0.29) is 31.4 Å². The van der Waals surface area contributed by atoms with E-state index in [0.717, 1.165) is 11.3 Å². The van der Waals surface area contributed by atoms with Gasteiger partial charge in [-0.3, -0.25) is 4.79 Å². The molecule has 1 aromatic carbocycles. The summed E-state index contributed by atoms with van der Waals surface area (Å²) >= 11 is 0. The zero-order chi connectivity index (χ0) is 14.8. The first kappa shape index (κ1) is 19.7. The second kappa shape index (κ2) is 11.3. The summed E-state index contributed by atoms with van der Waals surface area (Å²) in [6.45, 7) is 1.56. The third-order valence-electron chi connectivity index (χ3n) is 2.76. The van der Waals surface area contributed by atoms with E-state index in [0.29, 0.717) is 13.2 Å². The number of aliphatic hydroxyl groups is 1. The van der Waals surface area contributed by atoms with Crippen molar-refractivity contribution >= 4 is 18.3 Å². The number of carbonyl (C=O) groups excluding carboxylic acids is 1. The van der Waals surface area contributed by atoms with Crippen molar-refractivity contribution in [2.45, 2.75) is 6.10 Å². The highest BCUT2D eigenvalue weighted by atomic mass is 35.5. The number of halogens is 1. The molecule has 1 atom stereocenters. The van der Waals surface area contributed by atoms with Gasteiger partial charge in [-0.15, -0.1) is 12.4 Å². The quantitative estimate of drug-likeness (QED) is 0.578. The van der Waals surface area contributed by atoms with Crippen molar-refractivity contribution in [1.82, 2.24) is 10.6 Å². The lowest BCUT2D eigenvalue weighted by Crippen LogP contribution is -2.37. The van der Waals surface area contributed by atoms with Crippen LogP contribution in [0.1, 0.15) is 11.7 Å². The zero-order valence-corrected chi connectivity index (χ0v) is 13.1. The van der Waals surface area contributed by atoms with E-state index in [1.807, 2.05) is 0 Å². The molecule has 1 amide bonds. The summed E-state index contributed by atoms with van der Waals surface area (Å²) in [6.07, 6.45) is -0.733. The van der Waals surface area contributed by atoms with Crippen LogP contribution in [0.25, 0.3) is 0 Å². The monoisotopic (exact) mass is 318 g/mol. The summed E-state index contributed by atoms with van der Waals surface area (Å²) in [4.78, 5) is 11.5. The highest BCUT2D eigenvalue weighted by molar-refractivity contribution is 5.85. The van der Waals surface area contributed by atoms with Crippen LogP contribution in [0.4, 0.5) is 0 Å². The SMILES string of the molecule is COCCNCC(=O)NCC(O)c1ccc(OC)cc1.Cl. The number of rotatable bonds is 9. The molecule has 0 spiro atoms. The van der Waals surface area contributed by atoms with Crippen LogP contribution in [0, 0.1) is 0 Å². The number of ether oxygens (including phenoxy) is 2. The highest BCUT2D eigenvalue weighted by Crippen LogP contribution is 2.16. The van der Waals surface area contributed by atoms with Crippen LogP contribution in [0.15, 0.2) is 24.3 Å². The van der Waals surface area contributed by atoms with E-state index < -0.39 is 6.10 Å². The van der Waals surface area contributed by atoms with Gasteiger partial charge in [0.05, 0.1) is 26.4 Å². The number of nitrogens with one attached hydrogen (secondary N) is 2. The molecule has 1 aromatic rings. The van der Waals surface area contributed by atoms with E-state index in [2.05, 4.69) is 10.6 Å². The molecule has 0 aliphatic carbocycles. The Hall–Kier alpha value is -1.34. The number of hydrogen-bond donors (Lipinski definition) is 3. The third kappa shape index (κ3) is 7.87. The smallest absolute Gasteiger partial charge is 0.234 e. The minimum atomic E-state index is -0.733.